The van der Waals surface area contributed by atoms with Gasteiger partial charge < -0.3 is 4.90 Å². The van der Waals surface area contributed by atoms with Crippen molar-refractivity contribution >= 4 is 15.7 Å². The van der Waals surface area contributed by atoms with E-state index in [1.54, 1.807) is 24.3 Å². The molecule has 24 heavy (non-hydrogen) atoms. The van der Waals surface area contributed by atoms with E-state index in [1.165, 1.54) is 17.2 Å². The van der Waals surface area contributed by atoms with Crippen molar-refractivity contribution in [2.45, 2.75) is 11.7 Å². The van der Waals surface area contributed by atoms with E-state index in [0.717, 1.165) is 11.8 Å². The maximum absolute atomic E-state index is 13.8. The molecule has 1 amide bonds. The average Bonchev–Trinajstić information content (AvgIpc) is 2.74. The minimum atomic E-state index is -3.37. The number of aromatic nitrogens is 1. The average molecular weight is 348 g/mol. The lowest BCUT2D eigenvalue weighted by atomic mass is 10.1. The van der Waals surface area contributed by atoms with Crippen molar-refractivity contribution in [1.82, 2.24) is 9.88 Å². The van der Waals surface area contributed by atoms with E-state index in [2.05, 4.69) is 4.98 Å². The number of halogens is 1. The lowest BCUT2D eigenvalue weighted by Gasteiger charge is -2.20. The SMILES string of the molecule is O=C(c1ccncc1F)N1CCC(c2ccccc2)S(=O)(=O)CC1. The van der Waals surface area contributed by atoms with E-state index < -0.39 is 26.8 Å². The smallest absolute Gasteiger partial charge is 0.256 e. The second-order valence-electron chi connectivity index (χ2n) is 5.70. The van der Waals surface area contributed by atoms with E-state index in [-0.39, 0.29) is 24.4 Å². The van der Waals surface area contributed by atoms with Crippen molar-refractivity contribution in [3.05, 3.63) is 65.7 Å². The molecule has 2 heterocycles. The summed E-state index contributed by atoms with van der Waals surface area (Å²) in [6, 6.07) is 10.3. The normalized spacial score (nSPS) is 20.4. The first-order chi connectivity index (χ1) is 11.5. The van der Waals surface area contributed by atoms with Crippen LogP contribution < -0.4 is 0 Å². The van der Waals surface area contributed by atoms with Gasteiger partial charge in [0.25, 0.3) is 5.91 Å². The summed E-state index contributed by atoms with van der Waals surface area (Å²) >= 11 is 0. The first-order valence-electron chi connectivity index (χ1n) is 7.64. The lowest BCUT2D eigenvalue weighted by molar-refractivity contribution is 0.0761. The number of hydrogen-bond donors (Lipinski definition) is 0. The maximum atomic E-state index is 13.8. The molecule has 3 rings (SSSR count). The number of pyridine rings is 1. The number of rotatable bonds is 2. The molecule has 126 valence electrons. The maximum Gasteiger partial charge on any atom is 0.256 e. The quantitative estimate of drug-likeness (QED) is 0.835. The predicted molar refractivity (Wildman–Crippen MR) is 87.7 cm³/mol. The molecule has 1 saturated heterocycles. The largest absolute Gasteiger partial charge is 0.337 e. The van der Waals surface area contributed by atoms with Crippen LogP contribution in [0.5, 0.6) is 0 Å². The fourth-order valence-corrected chi connectivity index (χ4v) is 4.70. The van der Waals surface area contributed by atoms with E-state index in [0.29, 0.717) is 6.42 Å². The van der Waals surface area contributed by atoms with Crippen LogP contribution in [-0.2, 0) is 9.84 Å². The van der Waals surface area contributed by atoms with E-state index in [4.69, 9.17) is 0 Å². The Balaban J connectivity index is 1.84. The van der Waals surface area contributed by atoms with Gasteiger partial charge in [-0.1, -0.05) is 30.3 Å². The van der Waals surface area contributed by atoms with Crippen LogP contribution in [0.15, 0.2) is 48.8 Å². The first-order valence-corrected chi connectivity index (χ1v) is 9.36. The highest BCUT2D eigenvalue weighted by Gasteiger charge is 2.33. The molecule has 0 radical (unpaired) electrons. The van der Waals surface area contributed by atoms with Gasteiger partial charge in [-0.25, -0.2) is 12.8 Å². The highest BCUT2D eigenvalue weighted by Crippen LogP contribution is 2.29. The molecule has 0 N–H and O–H groups in total. The number of amides is 1. The van der Waals surface area contributed by atoms with Crippen molar-refractivity contribution in [1.29, 1.82) is 0 Å². The molecule has 5 nitrogen and oxygen atoms in total. The molecule has 0 bridgehead atoms. The minimum Gasteiger partial charge on any atom is -0.337 e. The van der Waals surface area contributed by atoms with Crippen molar-refractivity contribution in [3.63, 3.8) is 0 Å². The summed E-state index contributed by atoms with van der Waals surface area (Å²) in [5.74, 6) is -1.33. The Hall–Kier alpha value is -2.28. The van der Waals surface area contributed by atoms with Crippen LogP contribution in [0.25, 0.3) is 0 Å². The van der Waals surface area contributed by atoms with Crippen LogP contribution in [0.1, 0.15) is 27.6 Å². The Kier molecular flexibility index (Phi) is 4.62. The van der Waals surface area contributed by atoms with Gasteiger partial charge in [0.1, 0.15) is 0 Å². The standard InChI is InChI=1S/C17H17FN2O3S/c18-15-12-19-8-6-14(15)17(21)20-9-7-16(24(22,23)11-10-20)13-4-2-1-3-5-13/h1-6,8,12,16H,7,9-11H2. The second-order valence-corrected chi connectivity index (χ2v) is 8.01. The van der Waals surface area contributed by atoms with Gasteiger partial charge in [-0.2, -0.15) is 0 Å². The minimum absolute atomic E-state index is 0.0618. The molecular formula is C17H17FN2O3S. The van der Waals surface area contributed by atoms with Gasteiger partial charge in [-0.3, -0.25) is 9.78 Å². The van der Waals surface area contributed by atoms with Crippen LogP contribution in [0.2, 0.25) is 0 Å². The Bertz CT molecular complexity index is 840. The van der Waals surface area contributed by atoms with Crippen molar-refractivity contribution in [2.75, 3.05) is 18.8 Å². The van der Waals surface area contributed by atoms with Crippen molar-refractivity contribution in [3.8, 4) is 0 Å². The molecule has 1 aliphatic heterocycles. The van der Waals surface area contributed by atoms with E-state index >= 15 is 0 Å². The summed E-state index contributed by atoms with van der Waals surface area (Å²) in [5.41, 5.74) is 0.641. The highest BCUT2D eigenvalue weighted by molar-refractivity contribution is 7.91. The summed E-state index contributed by atoms with van der Waals surface area (Å²) in [7, 11) is -3.37. The summed E-state index contributed by atoms with van der Waals surface area (Å²) < 4.78 is 38.9. The summed E-state index contributed by atoms with van der Waals surface area (Å²) in [6.07, 6.45) is 2.62. The number of carbonyl (C=O) groups is 1. The molecule has 2 aromatic rings. The van der Waals surface area contributed by atoms with Crippen molar-refractivity contribution < 1.29 is 17.6 Å². The Morgan fingerprint density at radius 1 is 1.17 bits per heavy atom. The fraction of sp³-hybridized carbons (Fsp3) is 0.294. The van der Waals surface area contributed by atoms with Gasteiger partial charge >= 0.3 is 0 Å². The van der Waals surface area contributed by atoms with Gasteiger partial charge in [0.15, 0.2) is 15.7 Å². The predicted octanol–water partition coefficient (Wildman–Crippen LogP) is 2.22. The van der Waals surface area contributed by atoms with Gasteiger partial charge in [-0.05, 0) is 18.1 Å². The summed E-state index contributed by atoms with van der Waals surface area (Å²) in [6.45, 7) is 0.325. The third-order valence-electron chi connectivity index (χ3n) is 4.20. The van der Waals surface area contributed by atoms with Gasteiger partial charge in [-0.15, -0.1) is 0 Å². The molecule has 1 aromatic heterocycles. The van der Waals surface area contributed by atoms with Crippen molar-refractivity contribution in [2.24, 2.45) is 0 Å². The number of carbonyl (C=O) groups excluding carboxylic acids is 1. The zero-order valence-corrected chi connectivity index (χ0v) is 13.7. The molecular weight excluding hydrogens is 331 g/mol. The Labute approximate surface area is 140 Å². The molecule has 1 aromatic carbocycles. The number of benzene rings is 1. The molecule has 1 unspecified atom stereocenters. The molecule has 0 spiro atoms. The van der Waals surface area contributed by atoms with Crippen LogP contribution in [0.4, 0.5) is 4.39 Å². The third-order valence-corrected chi connectivity index (χ3v) is 6.33. The number of hydrogen-bond acceptors (Lipinski definition) is 4. The topological polar surface area (TPSA) is 67.3 Å². The number of sulfone groups is 1. The monoisotopic (exact) mass is 348 g/mol. The first kappa shape index (κ1) is 16.6. The van der Waals surface area contributed by atoms with Gasteiger partial charge in [0.05, 0.1) is 22.8 Å². The fourth-order valence-electron chi connectivity index (χ4n) is 2.91. The zero-order valence-electron chi connectivity index (χ0n) is 12.9. The van der Waals surface area contributed by atoms with Crippen LogP contribution >= 0.6 is 0 Å². The van der Waals surface area contributed by atoms with Gasteiger partial charge in [0.2, 0.25) is 0 Å². The van der Waals surface area contributed by atoms with Gasteiger partial charge in [0, 0.05) is 19.3 Å². The molecule has 7 heteroatoms. The lowest BCUT2D eigenvalue weighted by Crippen LogP contribution is -2.34. The molecule has 1 aliphatic rings. The summed E-state index contributed by atoms with van der Waals surface area (Å²) in [5, 5.41) is -0.640. The highest BCUT2D eigenvalue weighted by atomic mass is 32.2. The second kappa shape index (κ2) is 6.68. The van der Waals surface area contributed by atoms with E-state index in [1.807, 2.05) is 6.07 Å². The third kappa shape index (κ3) is 3.31. The molecule has 1 fully saturated rings. The van der Waals surface area contributed by atoms with Crippen LogP contribution in [0.3, 0.4) is 0 Å². The molecule has 1 atom stereocenters. The molecule has 0 aliphatic carbocycles. The Morgan fingerprint density at radius 2 is 1.92 bits per heavy atom. The summed E-state index contributed by atoms with van der Waals surface area (Å²) in [4.78, 5) is 17.5. The van der Waals surface area contributed by atoms with E-state index in [9.17, 15) is 17.6 Å². The number of nitrogens with zero attached hydrogens (tertiary/aromatic N) is 2. The Morgan fingerprint density at radius 3 is 2.62 bits per heavy atom. The zero-order chi connectivity index (χ0) is 17.2. The van der Waals surface area contributed by atoms with Crippen LogP contribution in [-0.4, -0.2) is 43.1 Å². The molecule has 0 saturated carbocycles. The van der Waals surface area contributed by atoms with Crippen LogP contribution in [0, 0.1) is 5.82 Å².